The van der Waals surface area contributed by atoms with E-state index in [1.807, 2.05) is 32.0 Å². The molecular weight excluding hydrogens is 386 g/mol. The summed E-state index contributed by atoms with van der Waals surface area (Å²) >= 11 is 0. The Kier molecular flexibility index (Phi) is 5.74. The van der Waals surface area contributed by atoms with E-state index in [9.17, 15) is 4.79 Å². The Balaban J connectivity index is 1.52. The minimum Gasteiger partial charge on any atom is -0.490 e. The van der Waals surface area contributed by atoms with Gasteiger partial charge in [-0.25, -0.2) is 0 Å². The molecule has 0 spiro atoms. The van der Waals surface area contributed by atoms with E-state index in [-0.39, 0.29) is 11.8 Å². The molecule has 8 nitrogen and oxygen atoms in total. The van der Waals surface area contributed by atoms with Crippen LogP contribution in [0.4, 0.5) is 5.88 Å². The molecule has 0 unspecified atom stereocenters. The number of nitrogens with zero attached hydrogens (tertiary/aromatic N) is 2. The first-order valence-electron chi connectivity index (χ1n) is 10.2. The van der Waals surface area contributed by atoms with Crippen molar-refractivity contribution in [2.24, 2.45) is 5.92 Å². The molecule has 30 heavy (non-hydrogen) atoms. The molecular formula is C22H25N3O5. The number of aromatic nitrogens is 2. The van der Waals surface area contributed by atoms with Crippen molar-refractivity contribution >= 4 is 11.8 Å². The van der Waals surface area contributed by atoms with Crippen LogP contribution in [0.15, 0.2) is 33.3 Å². The second kappa shape index (κ2) is 8.61. The Labute approximate surface area is 174 Å². The minimum atomic E-state index is -0.363. The first kappa shape index (κ1) is 20.0. The highest BCUT2D eigenvalue weighted by Gasteiger charge is 2.27. The van der Waals surface area contributed by atoms with Gasteiger partial charge in [0.15, 0.2) is 17.2 Å². The lowest BCUT2D eigenvalue weighted by molar-refractivity contribution is 0.101. The third kappa shape index (κ3) is 4.03. The van der Waals surface area contributed by atoms with Crippen molar-refractivity contribution in [3.05, 3.63) is 41.3 Å². The summed E-state index contributed by atoms with van der Waals surface area (Å²) in [7, 11) is 0. The van der Waals surface area contributed by atoms with Crippen LogP contribution in [-0.2, 0) is 12.8 Å². The lowest BCUT2D eigenvalue weighted by Crippen LogP contribution is -2.17. The monoisotopic (exact) mass is 411 g/mol. The van der Waals surface area contributed by atoms with E-state index in [1.165, 1.54) is 0 Å². The average Bonchev–Trinajstić information content (AvgIpc) is 3.36. The zero-order valence-corrected chi connectivity index (χ0v) is 17.4. The molecule has 0 saturated carbocycles. The third-order valence-electron chi connectivity index (χ3n) is 5.09. The van der Waals surface area contributed by atoms with E-state index in [2.05, 4.69) is 22.6 Å². The van der Waals surface area contributed by atoms with Gasteiger partial charge in [-0.1, -0.05) is 17.2 Å². The van der Waals surface area contributed by atoms with E-state index in [0.29, 0.717) is 42.0 Å². The topological polar surface area (TPSA) is 99.6 Å². The van der Waals surface area contributed by atoms with Gasteiger partial charge in [-0.2, -0.15) is 0 Å². The first-order chi connectivity index (χ1) is 14.6. The summed E-state index contributed by atoms with van der Waals surface area (Å²) in [6.07, 6.45) is 2.64. The zero-order chi connectivity index (χ0) is 21.1. The van der Waals surface area contributed by atoms with Gasteiger partial charge in [0.1, 0.15) is 11.5 Å². The molecule has 2 heterocycles. The molecule has 158 valence electrons. The Morgan fingerprint density at radius 2 is 1.93 bits per heavy atom. The number of carbonyl (C=O) groups excluding carboxylic acids is 1. The summed E-state index contributed by atoms with van der Waals surface area (Å²) in [5.74, 6) is 2.48. The van der Waals surface area contributed by atoms with Crippen LogP contribution in [0.3, 0.4) is 0 Å². The summed E-state index contributed by atoms with van der Waals surface area (Å²) in [6, 6.07) is 7.21. The Bertz CT molecular complexity index is 1040. The highest BCUT2D eigenvalue weighted by Crippen LogP contribution is 2.33. The normalized spacial score (nSPS) is 15.5. The predicted molar refractivity (Wildman–Crippen MR) is 110 cm³/mol. The van der Waals surface area contributed by atoms with Gasteiger partial charge in [-0.15, -0.1) is 0 Å². The van der Waals surface area contributed by atoms with E-state index >= 15 is 0 Å². The molecule has 1 aliphatic carbocycles. The molecule has 0 saturated heterocycles. The molecule has 1 atom stereocenters. The van der Waals surface area contributed by atoms with Crippen LogP contribution in [0.2, 0.25) is 0 Å². The van der Waals surface area contributed by atoms with E-state index in [1.54, 1.807) is 6.07 Å². The van der Waals surface area contributed by atoms with Crippen molar-refractivity contribution in [1.29, 1.82) is 0 Å². The number of anilines is 1. The minimum absolute atomic E-state index is 0.238. The number of rotatable bonds is 7. The Morgan fingerprint density at radius 3 is 2.73 bits per heavy atom. The molecule has 3 aromatic rings. The SMILES string of the molecule is CCOc1ccc(-c2cc(NC(=O)c3noc4c3C[C@H](C)CC4)on2)cc1OCC. The summed E-state index contributed by atoms with van der Waals surface area (Å²) in [6.45, 7) is 7.06. The molecule has 4 rings (SSSR count). The largest absolute Gasteiger partial charge is 0.490 e. The molecule has 0 fully saturated rings. The summed E-state index contributed by atoms with van der Waals surface area (Å²) in [5, 5.41) is 10.8. The maximum absolute atomic E-state index is 12.7. The van der Waals surface area contributed by atoms with Gasteiger partial charge in [-0.05, 0) is 50.8 Å². The molecule has 0 bridgehead atoms. The highest BCUT2D eigenvalue weighted by molar-refractivity contribution is 6.03. The van der Waals surface area contributed by atoms with Crippen molar-refractivity contribution in [1.82, 2.24) is 10.3 Å². The number of hydrogen-bond donors (Lipinski definition) is 1. The van der Waals surface area contributed by atoms with Crippen LogP contribution >= 0.6 is 0 Å². The number of benzene rings is 1. The van der Waals surface area contributed by atoms with Gasteiger partial charge >= 0.3 is 0 Å². The second-order valence-electron chi connectivity index (χ2n) is 7.34. The lowest BCUT2D eigenvalue weighted by atomic mass is 9.88. The standard InChI is InChI=1S/C22H25N3O5/c1-4-27-18-9-7-14(11-19(18)28-5-2)16-12-20(30-24-16)23-22(26)21-15-10-13(3)6-8-17(15)29-25-21/h7,9,11-13H,4-6,8,10H2,1-3H3,(H,23,26)/t13-/m1/s1. The fraction of sp³-hybridized carbons (Fsp3) is 0.409. The maximum atomic E-state index is 12.7. The molecule has 0 aliphatic heterocycles. The van der Waals surface area contributed by atoms with E-state index in [4.69, 9.17) is 18.5 Å². The Morgan fingerprint density at radius 1 is 1.13 bits per heavy atom. The molecule has 1 amide bonds. The van der Waals surface area contributed by atoms with Gasteiger partial charge in [0.2, 0.25) is 5.88 Å². The zero-order valence-electron chi connectivity index (χ0n) is 17.4. The van der Waals surface area contributed by atoms with Crippen molar-refractivity contribution in [2.75, 3.05) is 18.5 Å². The van der Waals surface area contributed by atoms with Crippen LogP contribution in [0.25, 0.3) is 11.3 Å². The van der Waals surface area contributed by atoms with Crippen molar-refractivity contribution in [2.45, 2.75) is 40.0 Å². The van der Waals surface area contributed by atoms with Crippen LogP contribution < -0.4 is 14.8 Å². The van der Waals surface area contributed by atoms with Crippen LogP contribution in [0, 0.1) is 5.92 Å². The van der Waals surface area contributed by atoms with Crippen LogP contribution in [0.5, 0.6) is 11.5 Å². The number of fused-ring (bicyclic) bond motifs is 1. The van der Waals surface area contributed by atoms with Crippen molar-refractivity contribution in [3.63, 3.8) is 0 Å². The summed E-state index contributed by atoms with van der Waals surface area (Å²) in [5.41, 5.74) is 2.57. The average molecular weight is 411 g/mol. The maximum Gasteiger partial charge on any atom is 0.280 e. The van der Waals surface area contributed by atoms with Gasteiger partial charge in [-0.3, -0.25) is 10.1 Å². The molecule has 8 heteroatoms. The van der Waals surface area contributed by atoms with Crippen LogP contribution in [0.1, 0.15) is 49.0 Å². The third-order valence-corrected chi connectivity index (χ3v) is 5.09. The molecule has 2 aromatic heterocycles. The molecule has 1 aliphatic rings. The lowest BCUT2D eigenvalue weighted by Gasteiger charge is -2.16. The van der Waals surface area contributed by atoms with Gasteiger partial charge < -0.3 is 18.5 Å². The van der Waals surface area contributed by atoms with E-state index < -0.39 is 0 Å². The second-order valence-corrected chi connectivity index (χ2v) is 7.34. The highest BCUT2D eigenvalue weighted by atomic mass is 16.5. The fourth-order valence-corrected chi connectivity index (χ4v) is 3.61. The quantitative estimate of drug-likeness (QED) is 0.611. The number of ether oxygens (including phenoxy) is 2. The number of aryl methyl sites for hydroxylation is 1. The van der Waals surface area contributed by atoms with Gasteiger partial charge in [0.25, 0.3) is 5.91 Å². The fourth-order valence-electron chi connectivity index (χ4n) is 3.61. The van der Waals surface area contributed by atoms with E-state index in [0.717, 1.165) is 36.1 Å². The van der Waals surface area contributed by atoms with Crippen molar-refractivity contribution in [3.8, 4) is 22.8 Å². The molecule has 1 aromatic carbocycles. The number of carbonyl (C=O) groups is 1. The van der Waals surface area contributed by atoms with Gasteiger partial charge in [0, 0.05) is 23.6 Å². The van der Waals surface area contributed by atoms with Crippen LogP contribution in [-0.4, -0.2) is 29.4 Å². The summed E-state index contributed by atoms with van der Waals surface area (Å²) in [4.78, 5) is 12.7. The number of hydrogen-bond acceptors (Lipinski definition) is 7. The van der Waals surface area contributed by atoms with Gasteiger partial charge in [0.05, 0.1) is 13.2 Å². The number of nitrogens with one attached hydrogen (secondary N) is 1. The Hall–Kier alpha value is -3.29. The summed E-state index contributed by atoms with van der Waals surface area (Å²) < 4.78 is 21.9. The first-order valence-corrected chi connectivity index (χ1v) is 10.2. The predicted octanol–water partition coefficient (Wildman–Crippen LogP) is 4.50. The molecule has 0 radical (unpaired) electrons. The smallest absolute Gasteiger partial charge is 0.280 e. The molecule has 1 N–H and O–H groups in total. The van der Waals surface area contributed by atoms with Crippen molar-refractivity contribution < 1.29 is 23.3 Å². The number of amides is 1.